The maximum absolute atomic E-state index is 12.9. The van der Waals surface area contributed by atoms with Crippen LogP contribution in [0.25, 0.3) is 0 Å². The summed E-state index contributed by atoms with van der Waals surface area (Å²) >= 11 is 6.11. The average Bonchev–Trinajstić information content (AvgIpc) is 2.92. The second-order valence-electron chi connectivity index (χ2n) is 5.35. The number of amides is 2. The lowest BCUT2D eigenvalue weighted by Gasteiger charge is -2.18. The second kappa shape index (κ2) is 6.38. The van der Waals surface area contributed by atoms with E-state index in [0.717, 1.165) is 0 Å². The highest BCUT2D eigenvalue weighted by molar-refractivity contribution is 6.33. The molecule has 1 saturated heterocycles. The molecular formula is C17H14ClFN2O2. The average molecular weight is 333 g/mol. The molecule has 23 heavy (non-hydrogen) atoms. The van der Waals surface area contributed by atoms with Crippen LogP contribution in [0, 0.1) is 11.7 Å². The minimum absolute atomic E-state index is 0.123. The van der Waals surface area contributed by atoms with E-state index < -0.39 is 5.92 Å². The molecule has 1 fully saturated rings. The lowest BCUT2D eigenvalue weighted by molar-refractivity contribution is -0.122. The number of nitrogens with zero attached hydrogens (tertiary/aromatic N) is 1. The lowest BCUT2D eigenvalue weighted by atomic mass is 10.1. The van der Waals surface area contributed by atoms with E-state index >= 15 is 0 Å². The fourth-order valence-corrected chi connectivity index (χ4v) is 2.80. The first kappa shape index (κ1) is 15.5. The number of hydrogen-bond donors (Lipinski definition) is 1. The van der Waals surface area contributed by atoms with Crippen LogP contribution < -0.4 is 10.2 Å². The van der Waals surface area contributed by atoms with Crippen LogP contribution in [0.5, 0.6) is 0 Å². The van der Waals surface area contributed by atoms with Gasteiger partial charge in [-0.05, 0) is 36.4 Å². The zero-order chi connectivity index (χ0) is 16.4. The molecule has 2 aromatic carbocycles. The zero-order valence-electron chi connectivity index (χ0n) is 12.1. The standard InChI is InChI=1S/C17H14ClFN2O2/c18-14-3-1-2-4-15(14)21-10-11(9-16(21)22)17(23)20-13-7-5-12(19)6-8-13/h1-8,11H,9-10H2,(H,20,23)/t11-/m1/s1. The summed E-state index contributed by atoms with van der Waals surface area (Å²) in [6, 6.07) is 12.5. The topological polar surface area (TPSA) is 49.4 Å². The summed E-state index contributed by atoms with van der Waals surface area (Å²) in [4.78, 5) is 26.0. The third-order valence-electron chi connectivity index (χ3n) is 3.75. The third-order valence-corrected chi connectivity index (χ3v) is 4.07. The Labute approximate surface area is 137 Å². The van der Waals surface area contributed by atoms with Crippen LogP contribution in [-0.4, -0.2) is 18.4 Å². The van der Waals surface area contributed by atoms with Crippen LogP contribution in [0.3, 0.4) is 0 Å². The third kappa shape index (κ3) is 3.35. The van der Waals surface area contributed by atoms with Crippen LogP contribution >= 0.6 is 11.6 Å². The largest absolute Gasteiger partial charge is 0.326 e. The molecule has 0 saturated carbocycles. The van der Waals surface area contributed by atoms with E-state index in [1.165, 1.54) is 29.2 Å². The van der Waals surface area contributed by atoms with Gasteiger partial charge in [-0.2, -0.15) is 0 Å². The molecule has 0 spiro atoms. The van der Waals surface area contributed by atoms with Crippen LogP contribution in [0.1, 0.15) is 6.42 Å². The molecule has 0 unspecified atom stereocenters. The Kier molecular flexibility index (Phi) is 4.30. The van der Waals surface area contributed by atoms with Crippen molar-refractivity contribution in [1.82, 2.24) is 0 Å². The normalized spacial score (nSPS) is 17.4. The molecule has 118 valence electrons. The zero-order valence-corrected chi connectivity index (χ0v) is 12.9. The highest BCUT2D eigenvalue weighted by atomic mass is 35.5. The van der Waals surface area contributed by atoms with Crippen LogP contribution in [0.15, 0.2) is 48.5 Å². The second-order valence-corrected chi connectivity index (χ2v) is 5.76. The summed E-state index contributed by atoms with van der Waals surface area (Å²) in [6.07, 6.45) is 0.123. The van der Waals surface area contributed by atoms with Crippen LogP contribution in [0.2, 0.25) is 5.02 Å². The molecule has 1 atom stereocenters. The molecule has 0 radical (unpaired) electrons. The Balaban J connectivity index is 1.71. The Morgan fingerprint density at radius 3 is 2.57 bits per heavy atom. The van der Waals surface area contributed by atoms with E-state index in [1.54, 1.807) is 24.3 Å². The lowest BCUT2D eigenvalue weighted by Crippen LogP contribution is -2.28. The number of rotatable bonds is 3. The van der Waals surface area contributed by atoms with Gasteiger partial charge in [0.1, 0.15) is 5.82 Å². The summed E-state index contributed by atoms with van der Waals surface area (Å²) in [5, 5.41) is 3.17. The number of carbonyl (C=O) groups excluding carboxylic acids is 2. The van der Waals surface area contributed by atoms with E-state index in [2.05, 4.69) is 5.32 Å². The van der Waals surface area contributed by atoms with Gasteiger partial charge in [0.05, 0.1) is 16.6 Å². The van der Waals surface area contributed by atoms with Gasteiger partial charge in [0, 0.05) is 18.7 Å². The molecule has 0 bridgehead atoms. The van der Waals surface area contributed by atoms with Gasteiger partial charge >= 0.3 is 0 Å². The first-order chi connectivity index (χ1) is 11.0. The van der Waals surface area contributed by atoms with Crippen molar-refractivity contribution in [2.45, 2.75) is 6.42 Å². The fraction of sp³-hybridized carbons (Fsp3) is 0.176. The van der Waals surface area contributed by atoms with Gasteiger partial charge in [-0.1, -0.05) is 23.7 Å². The van der Waals surface area contributed by atoms with Crippen molar-refractivity contribution in [2.75, 3.05) is 16.8 Å². The van der Waals surface area contributed by atoms with Gasteiger partial charge in [0.15, 0.2) is 0 Å². The van der Waals surface area contributed by atoms with Crippen molar-refractivity contribution in [1.29, 1.82) is 0 Å². The fourth-order valence-electron chi connectivity index (χ4n) is 2.56. The molecule has 2 aromatic rings. The number of carbonyl (C=O) groups is 2. The highest BCUT2D eigenvalue weighted by Gasteiger charge is 2.35. The number of para-hydroxylation sites is 1. The molecule has 3 rings (SSSR count). The number of benzene rings is 2. The monoisotopic (exact) mass is 332 g/mol. The van der Waals surface area contributed by atoms with Crippen molar-refractivity contribution in [2.24, 2.45) is 5.92 Å². The Hall–Kier alpha value is -2.40. The Bertz CT molecular complexity index is 749. The number of nitrogens with one attached hydrogen (secondary N) is 1. The summed E-state index contributed by atoms with van der Waals surface area (Å²) in [5.41, 5.74) is 1.11. The summed E-state index contributed by atoms with van der Waals surface area (Å²) < 4.78 is 12.9. The molecular weight excluding hydrogens is 319 g/mol. The molecule has 1 N–H and O–H groups in total. The maximum Gasteiger partial charge on any atom is 0.229 e. The van der Waals surface area contributed by atoms with Gasteiger partial charge < -0.3 is 10.2 Å². The van der Waals surface area contributed by atoms with Crippen molar-refractivity contribution >= 4 is 34.8 Å². The molecule has 0 aliphatic carbocycles. The van der Waals surface area contributed by atoms with E-state index in [1.807, 2.05) is 0 Å². The number of hydrogen-bond acceptors (Lipinski definition) is 2. The summed E-state index contributed by atoms with van der Waals surface area (Å²) in [5.74, 6) is -1.25. The summed E-state index contributed by atoms with van der Waals surface area (Å²) in [6.45, 7) is 0.273. The summed E-state index contributed by atoms with van der Waals surface area (Å²) in [7, 11) is 0. The van der Waals surface area contributed by atoms with Crippen LogP contribution in [0.4, 0.5) is 15.8 Å². The molecule has 0 aromatic heterocycles. The van der Waals surface area contributed by atoms with Crippen molar-refractivity contribution < 1.29 is 14.0 Å². The van der Waals surface area contributed by atoms with Crippen molar-refractivity contribution in [3.8, 4) is 0 Å². The smallest absolute Gasteiger partial charge is 0.229 e. The van der Waals surface area contributed by atoms with Crippen molar-refractivity contribution in [3.05, 3.63) is 59.4 Å². The van der Waals surface area contributed by atoms with Gasteiger partial charge in [0.2, 0.25) is 11.8 Å². The van der Waals surface area contributed by atoms with E-state index in [0.29, 0.717) is 16.4 Å². The van der Waals surface area contributed by atoms with Gasteiger partial charge in [0.25, 0.3) is 0 Å². The van der Waals surface area contributed by atoms with E-state index in [4.69, 9.17) is 11.6 Å². The molecule has 2 amide bonds. The molecule has 4 nitrogen and oxygen atoms in total. The first-order valence-electron chi connectivity index (χ1n) is 7.16. The molecule has 1 aliphatic rings. The van der Waals surface area contributed by atoms with Gasteiger partial charge in [-0.3, -0.25) is 9.59 Å². The Morgan fingerprint density at radius 2 is 1.87 bits per heavy atom. The van der Waals surface area contributed by atoms with Crippen molar-refractivity contribution in [3.63, 3.8) is 0 Å². The minimum atomic E-state index is -0.469. The highest BCUT2D eigenvalue weighted by Crippen LogP contribution is 2.31. The van der Waals surface area contributed by atoms with Gasteiger partial charge in [-0.15, -0.1) is 0 Å². The van der Waals surface area contributed by atoms with Gasteiger partial charge in [-0.25, -0.2) is 4.39 Å². The predicted molar refractivity (Wildman–Crippen MR) is 86.9 cm³/mol. The van der Waals surface area contributed by atoms with E-state index in [-0.39, 0.29) is 30.6 Å². The molecule has 1 aliphatic heterocycles. The van der Waals surface area contributed by atoms with E-state index in [9.17, 15) is 14.0 Å². The number of halogens is 2. The molecule has 1 heterocycles. The Morgan fingerprint density at radius 1 is 1.17 bits per heavy atom. The quantitative estimate of drug-likeness (QED) is 0.935. The maximum atomic E-state index is 12.9. The minimum Gasteiger partial charge on any atom is -0.326 e. The first-order valence-corrected chi connectivity index (χ1v) is 7.54. The van der Waals surface area contributed by atoms with Crippen LogP contribution in [-0.2, 0) is 9.59 Å². The predicted octanol–water partition coefficient (Wildman–Crippen LogP) is 3.47. The SMILES string of the molecule is O=C(Nc1ccc(F)cc1)[C@@H]1CC(=O)N(c2ccccc2Cl)C1. The molecule has 6 heteroatoms. The number of anilines is 2.